The molecule has 2 aromatic heterocycles. The Morgan fingerprint density at radius 2 is 1.84 bits per heavy atom. The van der Waals surface area contributed by atoms with E-state index in [9.17, 15) is 0 Å². The molecule has 1 aliphatic heterocycles. The van der Waals surface area contributed by atoms with Crippen molar-refractivity contribution < 1.29 is 0 Å². The summed E-state index contributed by atoms with van der Waals surface area (Å²) in [4.78, 5) is 9.22. The van der Waals surface area contributed by atoms with E-state index in [0.29, 0.717) is 0 Å². The molecule has 1 N–H and O–H groups in total. The van der Waals surface area contributed by atoms with Gasteiger partial charge in [-0.1, -0.05) is 18.2 Å². The highest BCUT2D eigenvalue weighted by Gasteiger charge is 2.41. The van der Waals surface area contributed by atoms with E-state index in [-0.39, 0.29) is 12.1 Å². The zero-order chi connectivity index (χ0) is 23.0. The highest BCUT2D eigenvalue weighted by molar-refractivity contribution is 7.80. The average molecular weight is 448 g/mol. The molecule has 32 heavy (non-hydrogen) atoms. The Kier molecular flexibility index (Phi) is 6.35. The maximum absolute atomic E-state index is 5.82. The van der Waals surface area contributed by atoms with Crippen molar-refractivity contribution in [1.82, 2.24) is 24.7 Å². The number of hydrogen-bond acceptors (Lipinski definition) is 3. The van der Waals surface area contributed by atoms with Gasteiger partial charge in [-0.3, -0.25) is 4.98 Å². The Balaban J connectivity index is 1.83. The summed E-state index contributed by atoms with van der Waals surface area (Å²) >= 11 is 5.82. The number of aromatic nitrogens is 2. The van der Waals surface area contributed by atoms with E-state index in [1.807, 2.05) is 18.3 Å². The lowest BCUT2D eigenvalue weighted by molar-refractivity contribution is 0.277. The lowest BCUT2D eigenvalue weighted by atomic mass is 9.96. The standard InChI is InChI=1S/C26H33N5S/c1-17-10-9-12-23(19(17)3)31-18(2)16-21(20(31)4)25-24(22-11-7-8-13-27-22)28-26(32)30(25)15-14-29(5)6/h7-13,16,24-25H,14-15H2,1-6H3,(H,28,32)/t24-,25+/m0/s1. The molecule has 0 amide bonds. The molecule has 0 spiro atoms. The number of benzene rings is 1. The van der Waals surface area contributed by atoms with E-state index in [4.69, 9.17) is 12.2 Å². The zero-order valence-electron chi connectivity index (χ0n) is 19.9. The van der Waals surface area contributed by atoms with Crippen LogP contribution in [0, 0.1) is 27.7 Å². The van der Waals surface area contributed by atoms with Crippen molar-refractivity contribution in [3.05, 3.63) is 82.4 Å². The molecule has 3 aromatic rings. The fourth-order valence-corrected chi connectivity index (χ4v) is 5.06. The first-order chi connectivity index (χ1) is 15.3. The molecule has 4 rings (SSSR count). The number of aryl methyl sites for hydroxylation is 2. The number of nitrogens with one attached hydrogen (secondary N) is 1. The van der Waals surface area contributed by atoms with Crippen molar-refractivity contribution in [1.29, 1.82) is 0 Å². The number of nitrogens with zero attached hydrogens (tertiary/aromatic N) is 4. The molecule has 168 valence electrons. The minimum Gasteiger partial charge on any atom is -0.352 e. The first-order valence-corrected chi connectivity index (χ1v) is 11.6. The third kappa shape index (κ3) is 4.05. The average Bonchev–Trinajstić information content (AvgIpc) is 3.24. The molecule has 2 atom stereocenters. The van der Waals surface area contributed by atoms with E-state index in [1.165, 1.54) is 33.8 Å². The van der Waals surface area contributed by atoms with Crippen LogP contribution < -0.4 is 5.32 Å². The molecule has 1 saturated heterocycles. The van der Waals surface area contributed by atoms with Crippen molar-refractivity contribution in [2.75, 3.05) is 27.2 Å². The Morgan fingerprint density at radius 3 is 2.53 bits per heavy atom. The van der Waals surface area contributed by atoms with Gasteiger partial charge in [0.05, 0.1) is 17.8 Å². The van der Waals surface area contributed by atoms with Gasteiger partial charge < -0.3 is 19.7 Å². The summed E-state index contributed by atoms with van der Waals surface area (Å²) in [5.74, 6) is 0. The SMILES string of the molecule is Cc1cccc(-n2c(C)cc([C@@H]3[C@H](c4ccccn4)NC(=S)N3CCN(C)C)c2C)c1C. The number of likely N-dealkylation sites (N-methyl/N-ethyl adjacent to an activating group) is 1. The molecule has 1 aliphatic rings. The predicted octanol–water partition coefficient (Wildman–Crippen LogP) is 4.64. The van der Waals surface area contributed by atoms with Crippen LogP contribution in [0.15, 0.2) is 48.7 Å². The van der Waals surface area contributed by atoms with Gasteiger partial charge in [-0.05, 0) is 95.0 Å². The lowest BCUT2D eigenvalue weighted by Crippen LogP contribution is -2.35. The first kappa shape index (κ1) is 22.5. The summed E-state index contributed by atoms with van der Waals surface area (Å²) in [6, 6.07) is 15.1. The van der Waals surface area contributed by atoms with Gasteiger partial charge in [0.25, 0.3) is 0 Å². The second kappa shape index (κ2) is 9.04. The Hall–Kier alpha value is -2.70. The molecule has 1 aromatic carbocycles. The van der Waals surface area contributed by atoms with E-state index in [2.05, 4.69) is 96.8 Å². The lowest BCUT2D eigenvalue weighted by Gasteiger charge is -2.29. The van der Waals surface area contributed by atoms with Crippen LogP contribution in [0.4, 0.5) is 0 Å². The third-order valence-corrected chi connectivity index (χ3v) is 6.94. The van der Waals surface area contributed by atoms with Gasteiger partial charge in [0.1, 0.15) is 0 Å². The number of pyridine rings is 1. The highest BCUT2D eigenvalue weighted by atomic mass is 32.1. The van der Waals surface area contributed by atoms with Crippen LogP contribution in [0.2, 0.25) is 0 Å². The molecule has 0 radical (unpaired) electrons. The maximum Gasteiger partial charge on any atom is 0.170 e. The van der Waals surface area contributed by atoms with Gasteiger partial charge in [-0.2, -0.15) is 0 Å². The molecule has 0 bridgehead atoms. The monoisotopic (exact) mass is 447 g/mol. The van der Waals surface area contributed by atoms with Crippen LogP contribution in [0.3, 0.4) is 0 Å². The Labute approximate surface area is 197 Å². The molecular formula is C26H33N5S. The van der Waals surface area contributed by atoms with Crippen LogP contribution in [-0.2, 0) is 0 Å². The van der Waals surface area contributed by atoms with Crippen LogP contribution in [0.25, 0.3) is 5.69 Å². The summed E-state index contributed by atoms with van der Waals surface area (Å²) in [6.07, 6.45) is 1.86. The first-order valence-electron chi connectivity index (χ1n) is 11.2. The Morgan fingerprint density at radius 1 is 1.06 bits per heavy atom. The molecule has 3 heterocycles. The summed E-state index contributed by atoms with van der Waals surface area (Å²) in [5, 5.41) is 4.37. The number of rotatable bonds is 6. The normalized spacial score (nSPS) is 18.5. The second-order valence-corrected chi connectivity index (χ2v) is 9.39. The van der Waals surface area contributed by atoms with Crippen molar-refractivity contribution in [2.24, 2.45) is 0 Å². The molecule has 0 saturated carbocycles. The van der Waals surface area contributed by atoms with Gasteiger partial charge in [-0.25, -0.2) is 0 Å². The summed E-state index contributed by atoms with van der Waals surface area (Å²) < 4.78 is 2.39. The van der Waals surface area contributed by atoms with Crippen molar-refractivity contribution >= 4 is 17.3 Å². The number of hydrogen-bond donors (Lipinski definition) is 1. The van der Waals surface area contributed by atoms with Gasteiger partial charge in [0.15, 0.2) is 5.11 Å². The van der Waals surface area contributed by atoms with E-state index in [1.54, 1.807) is 0 Å². The minimum absolute atomic E-state index is 0.0124. The van der Waals surface area contributed by atoms with Crippen molar-refractivity contribution in [3.63, 3.8) is 0 Å². The third-order valence-electron chi connectivity index (χ3n) is 6.59. The predicted molar refractivity (Wildman–Crippen MR) is 135 cm³/mol. The molecule has 0 unspecified atom stereocenters. The minimum atomic E-state index is 0.0124. The smallest absolute Gasteiger partial charge is 0.170 e. The van der Waals surface area contributed by atoms with E-state index in [0.717, 1.165) is 23.9 Å². The van der Waals surface area contributed by atoms with E-state index < -0.39 is 0 Å². The van der Waals surface area contributed by atoms with Crippen LogP contribution >= 0.6 is 12.2 Å². The van der Waals surface area contributed by atoms with Gasteiger partial charge in [-0.15, -0.1) is 0 Å². The zero-order valence-corrected chi connectivity index (χ0v) is 20.7. The van der Waals surface area contributed by atoms with Crippen LogP contribution in [-0.4, -0.2) is 51.6 Å². The maximum atomic E-state index is 5.82. The van der Waals surface area contributed by atoms with Gasteiger partial charge in [0, 0.05) is 36.4 Å². The molecule has 1 fully saturated rings. The van der Waals surface area contributed by atoms with Crippen molar-refractivity contribution in [3.8, 4) is 5.69 Å². The molecular weight excluding hydrogens is 414 g/mol. The van der Waals surface area contributed by atoms with Gasteiger partial charge in [0.2, 0.25) is 0 Å². The van der Waals surface area contributed by atoms with Crippen LogP contribution in [0.1, 0.15) is 45.9 Å². The fraction of sp³-hybridized carbons (Fsp3) is 0.385. The topological polar surface area (TPSA) is 36.3 Å². The molecule has 0 aliphatic carbocycles. The quantitative estimate of drug-likeness (QED) is 0.557. The Bertz CT molecular complexity index is 1120. The molecule has 6 heteroatoms. The molecule has 5 nitrogen and oxygen atoms in total. The summed E-state index contributed by atoms with van der Waals surface area (Å²) in [5.41, 5.74) is 8.66. The number of thiocarbonyl (C=S) groups is 1. The second-order valence-electron chi connectivity index (χ2n) is 9.00. The van der Waals surface area contributed by atoms with Gasteiger partial charge >= 0.3 is 0 Å². The largest absolute Gasteiger partial charge is 0.352 e. The summed E-state index contributed by atoms with van der Waals surface area (Å²) in [7, 11) is 4.20. The van der Waals surface area contributed by atoms with Crippen LogP contribution in [0.5, 0.6) is 0 Å². The van der Waals surface area contributed by atoms with E-state index >= 15 is 0 Å². The fourth-order valence-electron chi connectivity index (χ4n) is 4.73. The van der Waals surface area contributed by atoms with Crippen molar-refractivity contribution in [2.45, 2.75) is 39.8 Å². The summed E-state index contributed by atoms with van der Waals surface area (Å²) in [6.45, 7) is 10.6. The highest BCUT2D eigenvalue weighted by Crippen LogP contribution is 2.41.